The molecule has 0 bridgehead atoms. The number of hydrogen-bond acceptors (Lipinski definition) is 1. The maximum Gasteiger partial charge on any atom is 0.141 e. The second-order valence-corrected chi connectivity index (χ2v) is 6.39. The van der Waals surface area contributed by atoms with Gasteiger partial charge in [-0.25, -0.2) is 4.98 Å². The molecule has 0 spiro atoms. The predicted octanol–water partition coefficient (Wildman–Crippen LogP) is 5.67. The molecule has 0 atom stereocenters. The summed E-state index contributed by atoms with van der Waals surface area (Å²) in [7, 11) is 0. The van der Waals surface area contributed by atoms with Crippen LogP contribution in [0.2, 0.25) is 10.0 Å². The van der Waals surface area contributed by atoms with Crippen molar-refractivity contribution in [3.05, 3.63) is 74.9 Å². The lowest BCUT2D eigenvalue weighted by molar-refractivity contribution is 0.807. The van der Waals surface area contributed by atoms with Crippen molar-refractivity contribution >= 4 is 39.1 Å². The maximum absolute atomic E-state index is 6.27. The molecule has 0 aliphatic carbocycles. The van der Waals surface area contributed by atoms with E-state index in [1.54, 1.807) is 18.3 Å². The molecular formula is C16H11BrCl2N2. The van der Waals surface area contributed by atoms with Gasteiger partial charge in [-0.1, -0.05) is 51.3 Å². The number of benzene rings is 2. The summed E-state index contributed by atoms with van der Waals surface area (Å²) in [6.07, 6.45) is 3.71. The quantitative estimate of drug-likeness (QED) is 0.571. The topological polar surface area (TPSA) is 17.8 Å². The van der Waals surface area contributed by atoms with Gasteiger partial charge in [0.1, 0.15) is 5.82 Å². The molecule has 0 saturated heterocycles. The predicted molar refractivity (Wildman–Crippen MR) is 90.9 cm³/mol. The van der Waals surface area contributed by atoms with Crippen LogP contribution in [-0.2, 0) is 6.54 Å². The van der Waals surface area contributed by atoms with Gasteiger partial charge in [0.25, 0.3) is 0 Å². The summed E-state index contributed by atoms with van der Waals surface area (Å²) in [6, 6.07) is 13.6. The number of hydrogen-bond donors (Lipinski definition) is 0. The fourth-order valence-corrected chi connectivity index (χ4v) is 2.77. The van der Waals surface area contributed by atoms with Gasteiger partial charge in [0.15, 0.2) is 0 Å². The zero-order valence-electron chi connectivity index (χ0n) is 10.9. The first kappa shape index (κ1) is 14.6. The number of rotatable bonds is 3. The Morgan fingerprint density at radius 2 is 1.81 bits per heavy atom. The van der Waals surface area contributed by atoms with E-state index in [4.69, 9.17) is 23.2 Å². The molecule has 0 unspecified atom stereocenters. The van der Waals surface area contributed by atoms with E-state index >= 15 is 0 Å². The van der Waals surface area contributed by atoms with Gasteiger partial charge in [-0.15, -0.1) is 0 Å². The molecule has 2 nitrogen and oxygen atoms in total. The van der Waals surface area contributed by atoms with Crippen LogP contribution in [0.4, 0.5) is 0 Å². The molecule has 1 aromatic heterocycles. The van der Waals surface area contributed by atoms with Crippen LogP contribution < -0.4 is 0 Å². The summed E-state index contributed by atoms with van der Waals surface area (Å²) < 4.78 is 3.12. The first-order valence-electron chi connectivity index (χ1n) is 6.34. The summed E-state index contributed by atoms with van der Waals surface area (Å²) in [5.41, 5.74) is 2.03. The van der Waals surface area contributed by atoms with E-state index in [1.165, 1.54) is 5.56 Å². The van der Waals surface area contributed by atoms with Crippen LogP contribution in [0.25, 0.3) is 11.4 Å². The molecule has 0 fully saturated rings. The molecule has 3 rings (SSSR count). The fraction of sp³-hybridized carbons (Fsp3) is 0.0625. The molecule has 5 heteroatoms. The lowest BCUT2D eigenvalue weighted by atomic mass is 10.2. The number of imidazole rings is 1. The molecule has 0 saturated carbocycles. The summed E-state index contributed by atoms with van der Waals surface area (Å²) in [4.78, 5) is 4.41. The van der Waals surface area contributed by atoms with Gasteiger partial charge >= 0.3 is 0 Å². The molecule has 21 heavy (non-hydrogen) atoms. The van der Waals surface area contributed by atoms with E-state index in [9.17, 15) is 0 Å². The van der Waals surface area contributed by atoms with E-state index in [0.29, 0.717) is 10.0 Å². The third-order valence-corrected chi connectivity index (χ3v) is 4.24. The molecule has 106 valence electrons. The van der Waals surface area contributed by atoms with Crippen LogP contribution in [0.5, 0.6) is 0 Å². The standard InChI is InChI=1S/C16H11BrCl2N2/c17-12-3-1-11(2-4-12)10-21-8-7-20-16(21)14-9-13(18)5-6-15(14)19/h1-9H,10H2. The highest BCUT2D eigenvalue weighted by Crippen LogP contribution is 2.29. The van der Waals surface area contributed by atoms with Gasteiger partial charge in [0.05, 0.1) is 5.02 Å². The van der Waals surface area contributed by atoms with Crippen LogP contribution in [0, 0.1) is 0 Å². The summed E-state index contributed by atoms with van der Waals surface area (Å²) in [5, 5.41) is 1.29. The average molecular weight is 382 g/mol. The van der Waals surface area contributed by atoms with Crippen LogP contribution in [0.3, 0.4) is 0 Å². The normalized spacial score (nSPS) is 10.8. The van der Waals surface area contributed by atoms with E-state index in [0.717, 1.165) is 22.4 Å². The van der Waals surface area contributed by atoms with Crippen molar-refractivity contribution in [2.45, 2.75) is 6.54 Å². The molecule has 3 aromatic rings. The first-order valence-corrected chi connectivity index (χ1v) is 7.89. The maximum atomic E-state index is 6.27. The second-order valence-electron chi connectivity index (χ2n) is 4.63. The second kappa shape index (κ2) is 6.22. The average Bonchev–Trinajstić information content (AvgIpc) is 2.92. The Labute approximate surface area is 141 Å². The molecule has 0 N–H and O–H groups in total. The van der Waals surface area contributed by atoms with E-state index < -0.39 is 0 Å². The minimum atomic E-state index is 0.641. The highest BCUT2D eigenvalue weighted by molar-refractivity contribution is 9.10. The number of aromatic nitrogens is 2. The number of nitrogens with zero attached hydrogens (tertiary/aromatic N) is 2. The molecule has 0 aliphatic rings. The molecule has 1 heterocycles. The van der Waals surface area contributed by atoms with Gasteiger partial charge in [-0.05, 0) is 35.9 Å². The van der Waals surface area contributed by atoms with E-state index in [2.05, 4.69) is 37.6 Å². The zero-order valence-corrected chi connectivity index (χ0v) is 14.0. The van der Waals surface area contributed by atoms with Gasteiger partial charge in [-0.3, -0.25) is 0 Å². The molecular weight excluding hydrogens is 371 g/mol. The van der Waals surface area contributed by atoms with E-state index in [-0.39, 0.29) is 0 Å². The third-order valence-electron chi connectivity index (χ3n) is 3.15. The van der Waals surface area contributed by atoms with Crippen LogP contribution in [-0.4, -0.2) is 9.55 Å². The number of halogens is 3. The van der Waals surface area contributed by atoms with Crippen molar-refractivity contribution in [1.82, 2.24) is 9.55 Å². The van der Waals surface area contributed by atoms with Crippen molar-refractivity contribution in [1.29, 1.82) is 0 Å². The first-order chi connectivity index (χ1) is 10.1. The Bertz CT molecular complexity index is 766. The third kappa shape index (κ3) is 3.31. The smallest absolute Gasteiger partial charge is 0.141 e. The Balaban J connectivity index is 1.97. The van der Waals surface area contributed by atoms with Gasteiger partial charge in [0, 0.05) is 34.0 Å². The molecule has 0 radical (unpaired) electrons. The molecule has 2 aromatic carbocycles. The van der Waals surface area contributed by atoms with E-state index in [1.807, 2.05) is 24.4 Å². The minimum absolute atomic E-state index is 0.641. The van der Waals surface area contributed by atoms with Crippen LogP contribution >= 0.6 is 39.1 Å². The van der Waals surface area contributed by atoms with Crippen LogP contribution in [0.1, 0.15) is 5.56 Å². The van der Waals surface area contributed by atoms with Crippen LogP contribution in [0.15, 0.2) is 59.3 Å². The summed E-state index contributed by atoms with van der Waals surface area (Å²) in [6.45, 7) is 0.728. The molecule has 0 amide bonds. The Kier molecular flexibility index (Phi) is 4.34. The lowest BCUT2D eigenvalue weighted by Crippen LogP contribution is -2.01. The van der Waals surface area contributed by atoms with Crippen molar-refractivity contribution in [3.8, 4) is 11.4 Å². The van der Waals surface area contributed by atoms with Crippen molar-refractivity contribution < 1.29 is 0 Å². The highest BCUT2D eigenvalue weighted by Gasteiger charge is 2.11. The SMILES string of the molecule is Clc1ccc(Cl)c(-c2nccn2Cc2ccc(Br)cc2)c1. The van der Waals surface area contributed by atoms with Crippen molar-refractivity contribution in [3.63, 3.8) is 0 Å². The van der Waals surface area contributed by atoms with Gasteiger partial charge in [-0.2, -0.15) is 0 Å². The minimum Gasteiger partial charge on any atom is -0.327 e. The lowest BCUT2D eigenvalue weighted by Gasteiger charge is -2.10. The van der Waals surface area contributed by atoms with Crippen molar-refractivity contribution in [2.24, 2.45) is 0 Å². The Morgan fingerprint density at radius 1 is 1.05 bits per heavy atom. The Morgan fingerprint density at radius 3 is 2.57 bits per heavy atom. The van der Waals surface area contributed by atoms with Gasteiger partial charge in [0.2, 0.25) is 0 Å². The van der Waals surface area contributed by atoms with Crippen molar-refractivity contribution in [2.75, 3.05) is 0 Å². The zero-order chi connectivity index (χ0) is 14.8. The fourth-order valence-electron chi connectivity index (χ4n) is 2.14. The highest BCUT2D eigenvalue weighted by atomic mass is 79.9. The summed E-state index contributed by atoms with van der Waals surface area (Å²) >= 11 is 15.8. The largest absolute Gasteiger partial charge is 0.327 e. The van der Waals surface area contributed by atoms with Gasteiger partial charge < -0.3 is 4.57 Å². The molecule has 0 aliphatic heterocycles. The monoisotopic (exact) mass is 380 g/mol. The summed E-state index contributed by atoms with van der Waals surface area (Å²) in [5.74, 6) is 0.811. The Hall–Kier alpha value is -1.29.